The Bertz CT molecular complexity index is 822. The maximum Gasteiger partial charge on any atom is 0.309 e. The quantitative estimate of drug-likeness (QED) is 0.705. The molecule has 154 valence electrons. The van der Waals surface area contributed by atoms with E-state index < -0.39 is 11.8 Å². The minimum Gasteiger partial charge on any atom is -0.369 e. The summed E-state index contributed by atoms with van der Waals surface area (Å²) in [6.45, 7) is 4.83. The molecule has 6 nitrogen and oxygen atoms in total. The summed E-state index contributed by atoms with van der Waals surface area (Å²) >= 11 is 5.93. The molecule has 0 radical (unpaired) electrons. The number of nitrogens with zero attached hydrogens (tertiary/aromatic N) is 2. The van der Waals surface area contributed by atoms with Crippen molar-refractivity contribution in [3.63, 3.8) is 0 Å². The average Bonchev–Trinajstić information content (AvgIpc) is 2.74. The highest BCUT2D eigenvalue weighted by Gasteiger charge is 2.18. The van der Waals surface area contributed by atoms with Gasteiger partial charge in [-0.1, -0.05) is 23.7 Å². The van der Waals surface area contributed by atoms with Gasteiger partial charge in [-0.3, -0.25) is 14.5 Å². The van der Waals surface area contributed by atoms with Crippen LogP contribution < -0.4 is 15.5 Å². The first-order valence-electron chi connectivity index (χ1n) is 9.54. The molecule has 0 aromatic heterocycles. The van der Waals surface area contributed by atoms with Crippen LogP contribution in [0.15, 0.2) is 48.5 Å². The van der Waals surface area contributed by atoms with Crippen molar-refractivity contribution in [2.24, 2.45) is 0 Å². The zero-order valence-corrected chi connectivity index (χ0v) is 16.8. The molecule has 2 aromatic rings. The molecule has 2 aromatic carbocycles. The minimum atomic E-state index is -0.693. The van der Waals surface area contributed by atoms with Gasteiger partial charge >= 0.3 is 11.8 Å². The molecule has 0 unspecified atom stereocenters. The van der Waals surface area contributed by atoms with E-state index in [0.717, 1.165) is 42.5 Å². The van der Waals surface area contributed by atoms with Crippen LogP contribution in [0.1, 0.15) is 5.56 Å². The Kier molecular flexibility index (Phi) is 7.43. The Morgan fingerprint density at radius 2 is 1.52 bits per heavy atom. The molecule has 1 aliphatic heterocycles. The third-order valence-electron chi connectivity index (χ3n) is 4.85. The van der Waals surface area contributed by atoms with E-state index in [9.17, 15) is 14.0 Å². The zero-order chi connectivity index (χ0) is 20.6. The third kappa shape index (κ3) is 6.44. The van der Waals surface area contributed by atoms with Gasteiger partial charge in [0.1, 0.15) is 5.82 Å². The van der Waals surface area contributed by atoms with Gasteiger partial charge < -0.3 is 15.5 Å². The predicted molar refractivity (Wildman–Crippen MR) is 111 cm³/mol. The molecule has 2 N–H and O–H groups in total. The maximum atomic E-state index is 12.9. The van der Waals surface area contributed by atoms with Crippen LogP contribution in [-0.2, 0) is 16.1 Å². The van der Waals surface area contributed by atoms with Crippen molar-refractivity contribution in [1.29, 1.82) is 0 Å². The number of nitrogens with one attached hydrogen (secondary N) is 2. The monoisotopic (exact) mass is 418 g/mol. The minimum absolute atomic E-state index is 0.180. The maximum absolute atomic E-state index is 12.9. The van der Waals surface area contributed by atoms with E-state index in [1.165, 1.54) is 12.1 Å². The number of amides is 2. The predicted octanol–water partition coefficient (Wildman–Crippen LogP) is 2.03. The van der Waals surface area contributed by atoms with Crippen LogP contribution in [0.5, 0.6) is 0 Å². The summed E-state index contributed by atoms with van der Waals surface area (Å²) in [7, 11) is 0. The Balaban J connectivity index is 1.32. The molecule has 0 spiro atoms. The van der Waals surface area contributed by atoms with Gasteiger partial charge in [0.2, 0.25) is 0 Å². The van der Waals surface area contributed by atoms with Crippen LogP contribution in [0.2, 0.25) is 5.02 Å². The van der Waals surface area contributed by atoms with Crippen LogP contribution in [0, 0.1) is 5.82 Å². The molecule has 0 saturated carbocycles. The van der Waals surface area contributed by atoms with Crippen LogP contribution in [-0.4, -0.2) is 56.0 Å². The molecule has 1 saturated heterocycles. The molecule has 1 heterocycles. The van der Waals surface area contributed by atoms with Gasteiger partial charge in [-0.25, -0.2) is 4.39 Å². The Hall–Kier alpha value is -2.64. The molecular weight excluding hydrogens is 395 g/mol. The van der Waals surface area contributed by atoms with Crippen molar-refractivity contribution in [3.8, 4) is 0 Å². The third-order valence-corrected chi connectivity index (χ3v) is 5.10. The molecule has 29 heavy (non-hydrogen) atoms. The molecule has 3 rings (SSSR count). The molecule has 2 amide bonds. The fourth-order valence-corrected chi connectivity index (χ4v) is 3.28. The number of benzene rings is 2. The summed E-state index contributed by atoms with van der Waals surface area (Å²) in [5.74, 6) is -1.69. The number of hydrogen-bond donors (Lipinski definition) is 2. The van der Waals surface area contributed by atoms with Crippen LogP contribution in [0.25, 0.3) is 0 Å². The lowest BCUT2D eigenvalue weighted by Crippen LogP contribution is -2.49. The number of piperazine rings is 1. The second-order valence-electron chi connectivity index (χ2n) is 6.87. The first kappa shape index (κ1) is 21.1. The smallest absolute Gasteiger partial charge is 0.309 e. The molecule has 8 heteroatoms. The van der Waals surface area contributed by atoms with Crippen LogP contribution in [0.3, 0.4) is 0 Å². The summed E-state index contributed by atoms with van der Waals surface area (Å²) < 4.78 is 12.9. The molecule has 0 atom stereocenters. The topological polar surface area (TPSA) is 64.7 Å². The summed E-state index contributed by atoms with van der Waals surface area (Å²) in [4.78, 5) is 28.3. The van der Waals surface area contributed by atoms with Crippen molar-refractivity contribution in [1.82, 2.24) is 15.5 Å². The highest BCUT2D eigenvalue weighted by molar-refractivity contribution is 6.35. The van der Waals surface area contributed by atoms with E-state index in [1.54, 1.807) is 12.1 Å². The van der Waals surface area contributed by atoms with Gasteiger partial charge in [0, 0.05) is 56.5 Å². The normalized spacial score (nSPS) is 14.5. The van der Waals surface area contributed by atoms with Crippen LogP contribution in [0.4, 0.5) is 10.1 Å². The number of halogens is 2. The van der Waals surface area contributed by atoms with Crippen molar-refractivity contribution in [3.05, 3.63) is 64.9 Å². The lowest BCUT2D eigenvalue weighted by atomic mass is 10.2. The van der Waals surface area contributed by atoms with E-state index >= 15 is 0 Å². The summed E-state index contributed by atoms with van der Waals surface area (Å²) in [6, 6.07) is 13.6. The highest BCUT2D eigenvalue weighted by Crippen LogP contribution is 2.19. The van der Waals surface area contributed by atoms with Crippen molar-refractivity contribution < 1.29 is 14.0 Å². The van der Waals surface area contributed by atoms with Crippen molar-refractivity contribution >= 4 is 29.1 Å². The molecule has 0 aliphatic carbocycles. The number of hydrogen-bond acceptors (Lipinski definition) is 4. The van der Waals surface area contributed by atoms with E-state index in [4.69, 9.17) is 11.6 Å². The fourth-order valence-electron chi connectivity index (χ4n) is 3.15. The van der Waals surface area contributed by atoms with E-state index in [0.29, 0.717) is 13.1 Å². The molecular formula is C21H24ClFN4O2. The average molecular weight is 419 g/mol. The second kappa shape index (κ2) is 10.2. The summed E-state index contributed by atoms with van der Waals surface area (Å²) in [5, 5.41) is 5.90. The van der Waals surface area contributed by atoms with E-state index in [2.05, 4.69) is 20.4 Å². The SMILES string of the molecule is O=C(NCCN1CCN(c2ccc(Cl)cc2)CC1)C(=O)NCc1ccc(F)cc1. The standard InChI is InChI=1S/C21H24ClFN4O2/c22-17-3-7-19(8-4-17)27-13-11-26(12-14-27)10-9-24-20(28)21(29)25-15-16-1-5-18(23)6-2-16/h1-8H,9-15H2,(H,24,28)(H,25,29). The van der Waals surface area contributed by atoms with Gasteiger partial charge in [-0.15, -0.1) is 0 Å². The van der Waals surface area contributed by atoms with E-state index in [-0.39, 0.29) is 12.4 Å². The first-order chi connectivity index (χ1) is 14.0. The lowest BCUT2D eigenvalue weighted by molar-refractivity contribution is -0.139. The largest absolute Gasteiger partial charge is 0.369 e. The first-order valence-corrected chi connectivity index (χ1v) is 9.92. The van der Waals surface area contributed by atoms with Gasteiger partial charge in [0.25, 0.3) is 0 Å². The zero-order valence-electron chi connectivity index (χ0n) is 16.0. The van der Waals surface area contributed by atoms with Crippen LogP contribution >= 0.6 is 11.6 Å². The Morgan fingerprint density at radius 1 is 0.897 bits per heavy atom. The van der Waals surface area contributed by atoms with Crippen molar-refractivity contribution in [2.45, 2.75) is 6.54 Å². The molecule has 1 aliphatic rings. The van der Waals surface area contributed by atoms with Gasteiger partial charge in [-0.2, -0.15) is 0 Å². The number of carbonyl (C=O) groups is 2. The highest BCUT2D eigenvalue weighted by atomic mass is 35.5. The fraction of sp³-hybridized carbons (Fsp3) is 0.333. The number of anilines is 1. The number of rotatable bonds is 6. The van der Waals surface area contributed by atoms with Crippen molar-refractivity contribution in [2.75, 3.05) is 44.2 Å². The summed E-state index contributed by atoms with van der Waals surface area (Å²) in [6.07, 6.45) is 0. The summed E-state index contributed by atoms with van der Waals surface area (Å²) in [5.41, 5.74) is 1.88. The Labute approximate surface area is 174 Å². The van der Waals surface area contributed by atoms with Gasteiger partial charge in [-0.05, 0) is 42.0 Å². The number of carbonyl (C=O) groups excluding carboxylic acids is 2. The molecule has 0 bridgehead atoms. The van der Waals surface area contributed by atoms with E-state index in [1.807, 2.05) is 24.3 Å². The van der Waals surface area contributed by atoms with Gasteiger partial charge in [0.05, 0.1) is 0 Å². The second-order valence-corrected chi connectivity index (χ2v) is 7.31. The lowest BCUT2D eigenvalue weighted by Gasteiger charge is -2.36. The molecule has 1 fully saturated rings. The Morgan fingerprint density at radius 3 is 2.17 bits per heavy atom. The van der Waals surface area contributed by atoms with Gasteiger partial charge in [0.15, 0.2) is 0 Å².